The molecule has 1 aliphatic carbocycles. The molecule has 3 nitrogen and oxygen atoms in total. The molecule has 1 saturated carbocycles. The summed E-state index contributed by atoms with van der Waals surface area (Å²) >= 11 is 0. The Morgan fingerprint density at radius 2 is 2.05 bits per heavy atom. The Hall–Kier alpha value is -0.800. The summed E-state index contributed by atoms with van der Waals surface area (Å²) < 4.78 is 5.44. The van der Waals surface area contributed by atoms with Gasteiger partial charge >= 0.3 is 0 Å². The van der Waals surface area contributed by atoms with Crippen LogP contribution in [-0.2, 0) is 6.54 Å². The van der Waals surface area contributed by atoms with Crippen molar-refractivity contribution < 1.29 is 4.42 Å². The van der Waals surface area contributed by atoms with Gasteiger partial charge in [-0.3, -0.25) is 9.80 Å². The fraction of sp³-hybridized carbons (Fsp3) is 0.750. The van der Waals surface area contributed by atoms with Gasteiger partial charge in [-0.2, -0.15) is 0 Å². The lowest BCUT2D eigenvalue weighted by Crippen LogP contribution is -2.50. The molecule has 0 radical (unpaired) electrons. The zero-order chi connectivity index (χ0) is 13.1. The van der Waals surface area contributed by atoms with Crippen LogP contribution < -0.4 is 0 Å². The van der Waals surface area contributed by atoms with Gasteiger partial charge in [0.05, 0.1) is 12.8 Å². The first-order valence-corrected chi connectivity index (χ1v) is 7.80. The van der Waals surface area contributed by atoms with E-state index in [9.17, 15) is 0 Å². The van der Waals surface area contributed by atoms with Crippen molar-refractivity contribution in [2.45, 2.75) is 45.2 Å². The molecule has 3 rings (SSSR count). The number of furan rings is 1. The minimum absolute atomic E-state index is 0.856. The first kappa shape index (κ1) is 13.2. The van der Waals surface area contributed by atoms with Crippen molar-refractivity contribution in [1.82, 2.24) is 9.80 Å². The Balaban J connectivity index is 1.46. The molecule has 0 amide bonds. The molecule has 1 aromatic rings. The molecule has 106 valence electrons. The van der Waals surface area contributed by atoms with Crippen LogP contribution in [-0.4, -0.2) is 42.0 Å². The Labute approximate surface area is 116 Å². The lowest BCUT2D eigenvalue weighted by Gasteiger charge is -2.41. The van der Waals surface area contributed by atoms with Crippen molar-refractivity contribution in [2.24, 2.45) is 5.92 Å². The number of hydrogen-bond donors (Lipinski definition) is 0. The van der Waals surface area contributed by atoms with E-state index in [2.05, 4.69) is 22.8 Å². The monoisotopic (exact) mass is 262 g/mol. The number of nitrogens with zero attached hydrogens (tertiary/aromatic N) is 2. The van der Waals surface area contributed by atoms with Crippen molar-refractivity contribution in [3.05, 3.63) is 24.2 Å². The summed E-state index contributed by atoms with van der Waals surface area (Å²) in [7, 11) is 0. The summed E-state index contributed by atoms with van der Waals surface area (Å²) in [5, 5.41) is 0. The molecule has 2 heterocycles. The van der Waals surface area contributed by atoms with Crippen LogP contribution in [0.1, 0.15) is 38.4 Å². The minimum Gasteiger partial charge on any atom is -0.468 e. The molecular formula is C16H26N2O. The highest BCUT2D eigenvalue weighted by molar-refractivity contribution is 4.98. The number of piperazine rings is 1. The van der Waals surface area contributed by atoms with Crippen LogP contribution in [0.15, 0.2) is 22.8 Å². The van der Waals surface area contributed by atoms with Gasteiger partial charge in [-0.25, -0.2) is 0 Å². The molecule has 0 N–H and O–H groups in total. The van der Waals surface area contributed by atoms with Gasteiger partial charge in [0, 0.05) is 32.2 Å². The van der Waals surface area contributed by atoms with Gasteiger partial charge in [0.25, 0.3) is 0 Å². The van der Waals surface area contributed by atoms with Gasteiger partial charge in [-0.1, -0.05) is 19.8 Å². The summed E-state index contributed by atoms with van der Waals surface area (Å²) in [5.41, 5.74) is 0. The van der Waals surface area contributed by atoms with Crippen molar-refractivity contribution in [2.75, 3.05) is 26.2 Å². The second kappa shape index (κ2) is 6.10. The van der Waals surface area contributed by atoms with Crippen LogP contribution in [0.3, 0.4) is 0 Å². The van der Waals surface area contributed by atoms with E-state index >= 15 is 0 Å². The molecule has 0 spiro atoms. The summed E-state index contributed by atoms with van der Waals surface area (Å²) in [4.78, 5) is 5.25. The highest BCUT2D eigenvalue weighted by Crippen LogP contribution is 2.28. The lowest BCUT2D eigenvalue weighted by atomic mass is 9.86. The third kappa shape index (κ3) is 3.40. The van der Waals surface area contributed by atoms with E-state index in [-0.39, 0.29) is 0 Å². The van der Waals surface area contributed by atoms with Crippen LogP contribution in [0.5, 0.6) is 0 Å². The largest absolute Gasteiger partial charge is 0.468 e. The van der Waals surface area contributed by atoms with E-state index in [0.717, 1.165) is 24.3 Å². The van der Waals surface area contributed by atoms with Gasteiger partial charge < -0.3 is 4.42 Å². The molecule has 2 atom stereocenters. The first-order valence-electron chi connectivity index (χ1n) is 7.80. The van der Waals surface area contributed by atoms with E-state index in [4.69, 9.17) is 4.42 Å². The van der Waals surface area contributed by atoms with Crippen LogP contribution in [0.25, 0.3) is 0 Å². The van der Waals surface area contributed by atoms with E-state index in [1.54, 1.807) is 6.26 Å². The average Bonchev–Trinajstić information content (AvgIpc) is 2.92. The van der Waals surface area contributed by atoms with Crippen LogP contribution in [0, 0.1) is 5.92 Å². The van der Waals surface area contributed by atoms with E-state index in [0.29, 0.717) is 0 Å². The fourth-order valence-corrected chi connectivity index (χ4v) is 3.64. The van der Waals surface area contributed by atoms with E-state index in [1.807, 2.05) is 6.07 Å². The third-order valence-electron chi connectivity index (χ3n) is 4.79. The SMILES string of the molecule is C[C@H]1CCC[C@H](N2CCN(Cc3ccco3)CC2)C1. The molecule has 1 aliphatic heterocycles. The molecule has 0 aromatic carbocycles. The van der Waals surface area contributed by atoms with Crippen molar-refractivity contribution in [3.8, 4) is 0 Å². The molecule has 3 heteroatoms. The molecule has 1 aromatic heterocycles. The Morgan fingerprint density at radius 1 is 1.21 bits per heavy atom. The fourth-order valence-electron chi connectivity index (χ4n) is 3.64. The van der Waals surface area contributed by atoms with E-state index < -0.39 is 0 Å². The summed E-state index contributed by atoms with van der Waals surface area (Å²) in [6.45, 7) is 8.23. The summed E-state index contributed by atoms with van der Waals surface area (Å²) in [5.74, 6) is 2.03. The topological polar surface area (TPSA) is 19.6 Å². The maximum absolute atomic E-state index is 5.44. The Bertz CT molecular complexity index is 368. The molecule has 1 saturated heterocycles. The molecule has 2 aliphatic rings. The maximum Gasteiger partial charge on any atom is 0.117 e. The Morgan fingerprint density at radius 3 is 2.74 bits per heavy atom. The average molecular weight is 262 g/mol. The summed E-state index contributed by atoms with van der Waals surface area (Å²) in [6, 6.07) is 4.92. The molecular weight excluding hydrogens is 236 g/mol. The lowest BCUT2D eigenvalue weighted by molar-refractivity contribution is 0.0631. The number of rotatable bonds is 3. The van der Waals surface area contributed by atoms with Gasteiger partial charge in [-0.15, -0.1) is 0 Å². The van der Waals surface area contributed by atoms with Crippen LogP contribution >= 0.6 is 0 Å². The molecule has 19 heavy (non-hydrogen) atoms. The number of hydrogen-bond acceptors (Lipinski definition) is 3. The van der Waals surface area contributed by atoms with Crippen molar-refractivity contribution in [3.63, 3.8) is 0 Å². The zero-order valence-corrected chi connectivity index (χ0v) is 12.1. The van der Waals surface area contributed by atoms with Gasteiger partial charge in [0.15, 0.2) is 0 Å². The second-order valence-corrected chi connectivity index (χ2v) is 6.32. The normalized spacial score (nSPS) is 30.6. The quantitative estimate of drug-likeness (QED) is 0.835. The molecule has 2 fully saturated rings. The summed E-state index contributed by atoms with van der Waals surface area (Å²) in [6.07, 6.45) is 7.48. The minimum atomic E-state index is 0.856. The zero-order valence-electron chi connectivity index (χ0n) is 12.1. The predicted octanol–water partition coefficient (Wildman–Crippen LogP) is 2.98. The first-order chi connectivity index (χ1) is 9.31. The highest BCUT2D eigenvalue weighted by Gasteiger charge is 2.27. The molecule has 0 bridgehead atoms. The van der Waals surface area contributed by atoms with Gasteiger partial charge in [0.1, 0.15) is 5.76 Å². The van der Waals surface area contributed by atoms with Crippen LogP contribution in [0.4, 0.5) is 0 Å². The highest BCUT2D eigenvalue weighted by atomic mass is 16.3. The maximum atomic E-state index is 5.44. The van der Waals surface area contributed by atoms with Crippen molar-refractivity contribution in [1.29, 1.82) is 0 Å². The van der Waals surface area contributed by atoms with Crippen LogP contribution in [0.2, 0.25) is 0 Å². The van der Waals surface area contributed by atoms with E-state index in [1.165, 1.54) is 51.9 Å². The van der Waals surface area contributed by atoms with Crippen molar-refractivity contribution >= 4 is 0 Å². The smallest absolute Gasteiger partial charge is 0.117 e. The Kier molecular flexibility index (Phi) is 4.24. The van der Waals surface area contributed by atoms with Gasteiger partial charge in [0.2, 0.25) is 0 Å². The standard InChI is InChI=1S/C16H26N2O/c1-14-4-2-5-15(12-14)18-9-7-17(8-10-18)13-16-6-3-11-19-16/h3,6,11,14-15H,2,4-5,7-10,12-13H2,1H3/t14-,15-/m0/s1. The molecule has 0 unspecified atom stereocenters. The predicted molar refractivity (Wildman–Crippen MR) is 77.0 cm³/mol. The van der Waals surface area contributed by atoms with Gasteiger partial charge in [-0.05, 0) is 30.9 Å². The third-order valence-corrected chi connectivity index (χ3v) is 4.79. The second-order valence-electron chi connectivity index (χ2n) is 6.32.